The number of rotatable bonds is 5. The van der Waals surface area contributed by atoms with E-state index < -0.39 is 11.9 Å². The van der Waals surface area contributed by atoms with Gasteiger partial charge in [0.15, 0.2) is 0 Å². The SMILES string of the molecule is CCc1ccc(N2C[C@H](C(=O)Oc3ccc(N4C(=O)[C@H]5C[C@H](Br)[C@@H](Br)C[C@H]5C4=O)c(C)c3)CC2=O)cc1. The number of aryl methyl sites for hydroxylation is 2. The standard InChI is InChI=1S/C28H28Br2N2O5/c1-3-16-4-6-18(7-5-16)31-14-17(11-25(31)33)28(36)37-19-8-9-24(15(2)10-19)32-26(34)20-12-22(29)23(30)13-21(20)27(32)35/h4-10,17,20-23H,3,11-14H2,1-2H3/t17-,20-,21+,22+,23+/m1/s1. The second kappa shape index (κ2) is 10.3. The molecule has 5 atom stereocenters. The minimum atomic E-state index is -0.572. The van der Waals surface area contributed by atoms with Gasteiger partial charge in [-0.25, -0.2) is 4.90 Å². The summed E-state index contributed by atoms with van der Waals surface area (Å²) in [6, 6.07) is 12.7. The molecule has 0 aromatic heterocycles. The Bertz CT molecular complexity index is 1240. The van der Waals surface area contributed by atoms with Gasteiger partial charge in [0.1, 0.15) is 5.75 Å². The monoisotopic (exact) mass is 630 g/mol. The molecule has 2 heterocycles. The second-order valence-corrected chi connectivity index (χ2v) is 12.4. The first-order valence-electron chi connectivity index (χ1n) is 12.6. The molecule has 9 heteroatoms. The topological polar surface area (TPSA) is 84.0 Å². The lowest BCUT2D eigenvalue weighted by molar-refractivity contribution is -0.139. The third-order valence-electron chi connectivity index (χ3n) is 7.65. The number of fused-ring (bicyclic) bond motifs is 1. The highest BCUT2D eigenvalue weighted by Crippen LogP contribution is 2.45. The number of amides is 3. The zero-order valence-corrected chi connectivity index (χ0v) is 23.8. The number of carbonyl (C=O) groups is 4. The quantitative estimate of drug-likeness (QED) is 0.202. The highest BCUT2D eigenvalue weighted by atomic mass is 79.9. The van der Waals surface area contributed by atoms with Gasteiger partial charge in [0.05, 0.1) is 23.4 Å². The zero-order chi connectivity index (χ0) is 26.4. The lowest BCUT2D eigenvalue weighted by Crippen LogP contribution is -2.34. The van der Waals surface area contributed by atoms with Gasteiger partial charge in [-0.3, -0.25) is 19.2 Å². The van der Waals surface area contributed by atoms with Crippen molar-refractivity contribution in [1.29, 1.82) is 0 Å². The summed E-state index contributed by atoms with van der Waals surface area (Å²) in [5, 5.41) is 0. The van der Waals surface area contributed by atoms with Crippen LogP contribution in [0, 0.1) is 24.7 Å². The molecule has 1 saturated carbocycles. The average molecular weight is 632 g/mol. The normalized spacial score (nSPS) is 27.6. The fraction of sp³-hybridized carbons (Fsp3) is 0.429. The minimum absolute atomic E-state index is 0.0914. The van der Waals surface area contributed by atoms with Crippen LogP contribution in [-0.2, 0) is 25.6 Å². The van der Waals surface area contributed by atoms with Crippen molar-refractivity contribution in [3.05, 3.63) is 53.6 Å². The van der Waals surface area contributed by atoms with Crippen LogP contribution in [0.5, 0.6) is 5.75 Å². The number of esters is 1. The Kier molecular flexibility index (Phi) is 7.29. The van der Waals surface area contributed by atoms with Crippen LogP contribution in [0.2, 0.25) is 0 Å². The van der Waals surface area contributed by atoms with Crippen LogP contribution in [0.15, 0.2) is 42.5 Å². The predicted octanol–water partition coefficient (Wildman–Crippen LogP) is 4.94. The number of hydrogen-bond donors (Lipinski definition) is 0. The van der Waals surface area contributed by atoms with Crippen LogP contribution in [0.4, 0.5) is 11.4 Å². The molecule has 2 aromatic rings. The molecule has 5 rings (SSSR count). The first-order chi connectivity index (χ1) is 17.7. The molecule has 2 aromatic carbocycles. The van der Waals surface area contributed by atoms with Crippen LogP contribution >= 0.6 is 31.9 Å². The Balaban J connectivity index is 1.27. The van der Waals surface area contributed by atoms with Gasteiger partial charge in [-0.1, -0.05) is 50.9 Å². The number of nitrogens with zero attached hydrogens (tertiary/aromatic N) is 2. The van der Waals surface area contributed by atoms with Crippen molar-refractivity contribution in [1.82, 2.24) is 0 Å². The van der Waals surface area contributed by atoms with E-state index in [4.69, 9.17) is 4.74 Å². The number of hydrogen-bond acceptors (Lipinski definition) is 5. The summed E-state index contributed by atoms with van der Waals surface area (Å²) in [6.07, 6.45) is 2.22. The Hall–Kier alpha value is -2.52. The molecule has 0 spiro atoms. The molecule has 1 aliphatic carbocycles. The van der Waals surface area contributed by atoms with Crippen LogP contribution < -0.4 is 14.5 Å². The van der Waals surface area contributed by atoms with Crippen molar-refractivity contribution < 1.29 is 23.9 Å². The maximum absolute atomic E-state index is 13.2. The van der Waals surface area contributed by atoms with Gasteiger partial charge in [0.25, 0.3) is 0 Å². The Morgan fingerprint density at radius 2 is 1.59 bits per heavy atom. The van der Waals surface area contributed by atoms with Crippen LogP contribution in [-0.4, -0.2) is 39.9 Å². The van der Waals surface area contributed by atoms with Crippen molar-refractivity contribution in [2.45, 2.75) is 49.2 Å². The average Bonchev–Trinajstić information content (AvgIpc) is 3.37. The summed E-state index contributed by atoms with van der Waals surface area (Å²) in [5.74, 6) is -1.85. The Labute approximate surface area is 232 Å². The van der Waals surface area contributed by atoms with Gasteiger partial charge in [0.2, 0.25) is 17.7 Å². The predicted molar refractivity (Wildman–Crippen MR) is 147 cm³/mol. The van der Waals surface area contributed by atoms with E-state index in [9.17, 15) is 19.2 Å². The van der Waals surface area contributed by atoms with Crippen molar-refractivity contribution >= 4 is 66.9 Å². The molecule has 0 N–H and O–H groups in total. The van der Waals surface area contributed by atoms with E-state index in [2.05, 4.69) is 38.8 Å². The largest absolute Gasteiger partial charge is 0.426 e. The molecule has 0 radical (unpaired) electrons. The number of alkyl halides is 2. The zero-order valence-electron chi connectivity index (χ0n) is 20.7. The highest BCUT2D eigenvalue weighted by molar-refractivity contribution is 9.12. The number of anilines is 2. The van der Waals surface area contributed by atoms with E-state index in [0.29, 0.717) is 29.8 Å². The molecule has 2 saturated heterocycles. The summed E-state index contributed by atoms with van der Waals surface area (Å²) in [7, 11) is 0. The summed E-state index contributed by atoms with van der Waals surface area (Å²) < 4.78 is 5.62. The van der Waals surface area contributed by atoms with E-state index >= 15 is 0 Å². The molecule has 37 heavy (non-hydrogen) atoms. The summed E-state index contributed by atoms with van der Waals surface area (Å²) >= 11 is 7.23. The maximum Gasteiger partial charge on any atom is 0.316 e. The molecule has 0 unspecified atom stereocenters. The summed E-state index contributed by atoms with van der Waals surface area (Å²) in [5.41, 5.74) is 3.13. The molecular weight excluding hydrogens is 604 g/mol. The Morgan fingerprint density at radius 3 is 2.16 bits per heavy atom. The van der Waals surface area contributed by atoms with E-state index in [1.54, 1.807) is 30.0 Å². The van der Waals surface area contributed by atoms with Gasteiger partial charge >= 0.3 is 5.97 Å². The fourth-order valence-corrected chi connectivity index (χ4v) is 6.74. The number of carbonyl (C=O) groups excluding carboxylic acids is 4. The number of ether oxygens (including phenoxy) is 1. The molecule has 7 nitrogen and oxygen atoms in total. The van der Waals surface area contributed by atoms with Gasteiger partial charge in [-0.2, -0.15) is 0 Å². The summed E-state index contributed by atoms with van der Waals surface area (Å²) in [6.45, 7) is 4.13. The van der Waals surface area contributed by atoms with E-state index in [1.807, 2.05) is 24.3 Å². The van der Waals surface area contributed by atoms with Crippen molar-refractivity contribution in [2.75, 3.05) is 16.3 Å². The van der Waals surface area contributed by atoms with E-state index in [-0.39, 0.29) is 52.2 Å². The van der Waals surface area contributed by atoms with Crippen LogP contribution in [0.1, 0.15) is 37.3 Å². The number of halogens is 2. The van der Waals surface area contributed by atoms with Crippen molar-refractivity contribution in [2.24, 2.45) is 17.8 Å². The highest BCUT2D eigenvalue weighted by Gasteiger charge is 2.52. The van der Waals surface area contributed by atoms with Gasteiger partial charge < -0.3 is 9.64 Å². The Morgan fingerprint density at radius 1 is 0.973 bits per heavy atom. The van der Waals surface area contributed by atoms with E-state index in [0.717, 1.165) is 12.1 Å². The number of benzene rings is 2. The number of imide groups is 1. The molecule has 2 aliphatic heterocycles. The third-order valence-corrected chi connectivity index (χ3v) is 10.4. The minimum Gasteiger partial charge on any atom is -0.426 e. The molecular formula is C28H28Br2N2O5. The van der Waals surface area contributed by atoms with E-state index in [1.165, 1.54) is 10.5 Å². The third kappa shape index (κ3) is 4.88. The van der Waals surface area contributed by atoms with Gasteiger partial charge in [-0.05, 0) is 67.6 Å². The van der Waals surface area contributed by atoms with Crippen molar-refractivity contribution in [3.63, 3.8) is 0 Å². The van der Waals surface area contributed by atoms with Gasteiger partial charge in [-0.15, -0.1) is 0 Å². The lowest BCUT2D eigenvalue weighted by Gasteiger charge is -2.29. The maximum atomic E-state index is 13.2. The second-order valence-electron chi connectivity index (χ2n) is 10.0. The summed E-state index contributed by atoms with van der Waals surface area (Å²) in [4.78, 5) is 55.0. The fourth-order valence-electron chi connectivity index (χ4n) is 5.50. The smallest absolute Gasteiger partial charge is 0.316 e. The molecule has 3 amide bonds. The molecule has 194 valence electrons. The van der Waals surface area contributed by atoms with Crippen molar-refractivity contribution in [3.8, 4) is 5.75 Å². The molecule has 3 aliphatic rings. The molecule has 0 bridgehead atoms. The van der Waals surface area contributed by atoms with Gasteiger partial charge in [0, 0.05) is 28.3 Å². The first kappa shape index (κ1) is 26.1. The van der Waals surface area contributed by atoms with Crippen LogP contribution in [0.3, 0.4) is 0 Å². The molecule has 3 fully saturated rings. The lowest BCUT2D eigenvalue weighted by atomic mass is 9.81. The van der Waals surface area contributed by atoms with Crippen LogP contribution in [0.25, 0.3) is 0 Å². The first-order valence-corrected chi connectivity index (χ1v) is 14.4.